The highest BCUT2D eigenvalue weighted by atomic mass is 19.2. The zero-order chi connectivity index (χ0) is 30.6. The lowest BCUT2D eigenvalue weighted by molar-refractivity contribution is 0.0283. The number of likely N-dealkylation sites (N-methyl/N-ethyl adjacent to an activating group) is 2. The fourth-order valence-corrected chi connectivity index (χ4v) is 4.38. The number of carbonyl (C=O) groups excluding carboxylic acids is 2. The molecule has 226 valence electrons. The molecule has 1 saturated heterocycles. The third-order valence-corrected chi connectivity index (χ3v) is 6.71. The van der Waals surface area contributed by atoms with E-state index in [0.717, 1.165) is 12.1 Å². The number of halogens is 2. The normalized spacial score (nSPS) is 14.4. The Morgan fingerprint density at radius 2 is 1.74 bits per heavy atom. The van der Waals surface area contributed by atoms with Gasteiger partial charge in [-0.1, -0.05) is 0 Å². The fourth-order valence-electron chi connectivity index (χ4n) is 4.38. The summed E-state index contributed by atoms with van der Waals surface area (Å²) < 4.78 is 44.2. The summed E-state index contributed by atoms with van der Waals surface area (Å²) >= 11 is 0. The number of fused-ring (bicyclic) bond motifs is 1. The molecule has 4 rings (SSSR count). The van der Waals surface area contributed by atoms with Gasteiger partial charge in [-0.15, -0.1) is 0 Å². The number of anilines is 1. The van der Waals surface area contributed by atoms with Gasteiger partial charge < -0.3 is 28.9 Å². The highest BCUT2D eigenvalue weighted by Crippen LogP contribution is 2.30. The zero-order valence-corrected chi connectivity index (χ0v) is 24.8. The molecule has 2 amide bonds. The third kappa shape index (κ3) is 7.61. The summed E-state index contributed by atoms with van der Waals surface area (Å²) in [4.78, 5) is 40.3. The van der Waals surface area contributed by atoms with Crippen LogP contribution in [0.4, 0.5) is 19.4 Å². The van der Waals surface area contributed by atoms with Crippen LogP contribution in [0.1, 0.15) is 49.7 Å². The molecular weight excluding hydrogens is 548 g/mol. The van der Waals surface area contributed by atoms with Gasteiger partial charge in [-0.3, -0.25) is 9.78 Å². The first-order chi connectivity index (χ1) is 19.8. The molecule has 2 aromatic carbocycles. The van der Waals surface area contributed by atoms with E-state index in [2.05, 4.69) is 9.88 Å². The maximum Gasteiger partial charge on any atom is 0.410 e. The SMILES string of the molecule is CC(Oc1ccc(F)c(F)c1)c1cc(C(=O)N(C)CCN(C)C(=O)OC(C)(C)C)cc2ncc(N3CCOCC3)nc12. The van der Waals surface area contributed by atoms with E-state index >= 15 is 0 Å². The number of hydrogen-bond acceptors (Lipinski definition) is 8. The number of carbonyl (C=O) groups is 2. The largest absolute Gasteiger partial charge is 0.486 e. The van der Waals surface area contributed by atoms with Crippen LogP contribution in [0.5, 0.6) is 5.75 Å². The van der Waals surface area contributed by atoms with Crippen LogP contribution in [0.2, 0.25) is 0 Å². The second kappa shape index (κ2) is 12.8. The number of morpholine rings is 1. The van der Waals surface area contributed by atoms with Crippen molar-refractivity contribution < 1.29 is 32.6 Å². The summed E-state index contributed by atoms with van der Waals surface area (Å²) in [7, 11) is 3.25. The molecule has 1 aromatic heterocycles. The van der Waals surface area contributed by atoms with Crippen molar-refractivity contribution in [3.05, 3.63) is 59.3 Å². The van der Waals surface area contributed by atoms with Gasteiger partial charge in [0, 0.05) is 57.5 Å². The standard InChI is InChI=1S/C30H37F2N5O5/c1-19(41-21-7-8-23(31)24(32)17-21)22-15-20(28(38)35(5)9-10-36(6)29(39)42-30(2,3)4)16-25-27(22)34-26(18-33-25)37-11-13-40-14-12-37/h7-8,15-19H,9-14H2,1-6H3. The molecule has 10 nitrogen and oxygen atoms in total. The maximum absolute atomic E-state index is 13.9. The molecular formula is C30H37F2N5O5. The second-order valence-corrected chi connectivity index (χ2v) is 11.2. The van der Waals surface area contributed by atoms with Crippen LogP contribution in [0.3, 0.4) is 0 Å². The van der Waals surface area contributed by atoms with Crippen LogP contribution in [0.25, 0.3) is 11.0 Å². The summed E-state index contributed by atoms with van der Waals surface area (Å²) in [6.45, 7) is 10.1. The monoisotopic (exact) mass is 585 g/mol. The minimum atomic E-state index is -1.03. The number of ether oxygens (including phenoxy) is 3. The van der Waals surface area contributed by atoms with Crippen molar-refractivity contribution in [3.8, 4) is 5.75 Å². The van der Waals surface area contributed by atoms with Gasteiger partial charge >= 0.3 is 6.09 Å². The van der Waals surface area contributed by atoms with Crippen molar-refractivity contribution in [2.45, 2.75) is 39.4 Å². The van der Waals surface area contributed by atoms with E-state index < -0.39 is 29.4 Å². The van der Waals surface area contributed by atoms with Crippen molar-refractivity contribution in [1.29, 1.82) is 0 Å². The summed E-state index contributed by atoms with van der Waals surface area (Å²) in [5.41, 5.74) is 1.28. The van der Waals surface area contributed by atoms with Gasteiger partial charge in [-0.2, -0.15) is 0 Å². The number of benzene rings is 2. The Labute approximate surface area is 244 Å². The molecule has 2 heterocycles. The van der Waals surface area contributed by atoms with E-state index in [1.807, 2.05) is 0 Å². The second-order valence-electron chi connectivity index (χ2n) is 11.2. The Bertz CT molecular complexity index is 1440. The van der Waals surface area contributed by atoms with Crippen LogP contribution >= 0.6 is 0 Å². The Balaban J connectivity index is 1.62. The molecule has 1 aliphatic heterocycles. The molecule has 3 aromatic rings. The lowest BCUT2D eigenvalue weighted by Crippen LogP contribution is -2.40. The molecule has 0 N–H and O–H groups in total. The molecule has 1 unspecified atom stereocenters. The van der Waals surface area contributed by atoms with E-state index in [0.29, 0.717) is 54.3 Å². The van der Waals surface area contributed by atoms with Crippen LogP contribution in [-0.2, 0) is 9.47 Å². The maximum atomic E-state index is 13.9. The number of rotatable bonds is 8. The molecule has 0 spiro atoms. The summed E-state index contributed by atoms with van der Waals surface area (Å²) in [5.74, 6) is -1.51. The lowest BCUT2D eigenvalue weighted by atomic mass is 10.0. The molecule has 0 bridgehead atoms. The lowest BCUT2D eigenvalue weighted by Gasteiger charge is -2.28. The van der Waals surface area contributed by atoms with E-state index in [-0.39, 0.29) is 24.7 Å². The summed E-state index contributed by atoms with van der Waals surface area (Å²) in [5, 5.41) is 0. The van der Waals surface area contributed by atoms with Gasteiger partial charge in [0.15, 0.2) is 11.6 Å². The van der Waals surface area contributed by atoms with E-state index in [9.17, 15) is 18.4 Å². The van der Waals surface area contributed by atoms with E-state index in [4.69, 9.17) is 19.2 Å². The smallest absolute Gasteiger partial charge is 0.410 e. The van der Waals surface area contributed by atoms with Crippen molar-refractivity contribution >= 4 is 28.9 Å². The van der Waals surface area contributed by atoms with Crippen LogP contribution in [0.15, 0.2) is 36.5 Å². The van der Waals surface area contributed by atoms with Gasteiger partial charge in [-0.05, 0) is 52.0 Å². The van der Waals surface area contributed by atoms with Gasteiger partial charge in [-0.25, -0.2) is 18.6 Å². The molecule has 1 aliphatic rings. The first kappa shape index (κ1) is 30.9. The minimum absolute atomic E-state index is 0.130. The third-order valence-electron chi connectivity index (χ3n) is 6.71. The highest BCUT2D eigenvalue weighted by Gasteiger charge is 2.24. The topological polar surface area (TPSA) is 97.3 Å². The molecule has 0 radical (unpaired) electrons. The van der Waals surface area contributed by atoms with E-state index in [1.165, 1.54) is 15.9 Å². The molecule has 0 aliphatic carbocycles. The van der Waals surface area contributed by atoms with Crippen LogP contribution in [0, 0.1) is 11.6 Å². The predicted octanol–water partition coefficient (Wildman–Crippen LogP) is 4.82. The van der Waals surface area contributed by atoms with Crippen LogP contribution in [-0.4, -0.2) is 90.9 Å². The highest BCUT2D eigenvalue weighted by molar-refractivity contribution is 5.98. The van der Waals surface area contributed by atoms with Crippen molar-refractivity contribution in [3.63, 3.8) is 0 Å². The Morgan fingerprint density at radius 1 is 1.05 bits per heavy atom. The first-order valence-electron chi connectivity index (χ1n) is 13.8. The minimum Gasteiger partial charge on any atom is -0.486 e. The number of amides is 2. The Morgan fingerprint density at radius 3 is 2.40 bits per heavy atom. The number of aromatic nitrogens is 2. The molecule has 42 heavy (non-hydrogen) atoms. The summed E-state index contributed by atoms with van der Waals surface area (Å²) in [6, 6.07) is 6.65. The Hall–Kier alpha value is -4.06. The average molecular weight is 586 g/mol. The quantitative estimate of drug-likeness (QED) is 0.371. The van der Waals surface area contributed by atoms with Crippen molar-refractivity contribution in [1.82, 2.24) is 19.8 Å². The molecule has 12 heteroatoms. The molecule has 0 saturated carbocycles. The van der Waals surface area contributed by atoms with Gasteiger partial charge in [0.25, 0.3) is 5.91 Å². The predicted molar refractivity (Wildman–Crippen MR) is 154 cm³/mol. The fraction of sp³-hybridized carbons (Fsp3) is 0.467. The number of nitrogens with zero attached hydrogens (tertiary/aromatic N) is 5. The molecule has 1 fully saturated rings. The van der Waals surface area contributed by atoms with Crippen molar-refractivity contribution in [2.24, 2.45) is 0 Å². The average Bonchev–Trinajstić information content (AvgIpc) is 2.95. The van der Waals surface area contributed by atoms with Crippen LogP contribution < -0.4 is 9.64 Å². The Kier molecular flexibility index (Phi) is 9.45. The van der Waals surface area contributed by atoms with Crippen molar-refractivity contribution in [2.75, 3.05) is 58.4 Å². The summed E-state index contributed by atoms with van der Waals surface area (Å²) in [6.07, 6.45) is 0.486. The van der Waals surface area contributed by atoms with E-state index in [1.54, 1.807) is 60.1 Å². The van der Waals surface area contributed by atoms with Gasteiger partial charge in [0.2, 0.25) is 0 Å². The van der Waals surface area contributed by atoms with Gasteiger partial charge in [0.1, 0.15) is 23.3 Å². The number of hydrogen-bond donors (Lipinski definition) is 0. The van der Waals surface area contributed by atoms with Gasteiger partial charge in [0.05, 0.1) is 30.4 Å². The first-order valence-corrected chi connectivity index (χ1v) is 13.8. The molecule has 1 atom stereocenters. The zero-order valence-electron chi connectivity index (χ0n) is 24.8.